The van der Waals surface area contributed by atoms with Crippen LogP contribution in [0, 0.1) is 0 Å². The number of hydrogen-bond donors (Lipinski definition) is 4. The lowest BCUT2D eigenvalue weighted by molar-refractivity contribution is 0.000338. The molecule has 0 bridgehead atoms. The van der Waals surface area contributed by atoms with Crippen molar-refractivity contribution in [2.75, 3.05) is 39.6 Å². The van der Waals surface area contributed by atoms with Gasteiger partial charge in [0.25, 0.3) is 0 Å². The van der Waals surface area contributed by atoms with E-state index >= 15 is 0 Å². The van der Waals surface area contributed by atoms with E-state index in [2.05, 4.69) is 20.1 Å². The number of cyclic esters (lactones) is 2. The van der Waals surface area contributed by atoms with E-state index in [1.54, 1.807) is 0 Å². The number of carbonyl (C=O) groups is 3. The van der Waals surface area contributed by atoms with Gasteiger partial charge in [-0.05, 0) is 12.8 Å². The van der Waals surface area contributed by atoms with Crippen LogP contribution in [-0.4, -0.2) is 80.3 Å². The fourth-order valence-electron chi connectivity index (χ4n) is 1.69. The van der Waals surface area contributed by atoms with Crippen molar-refractivity contribution in [3.05, 3.63) is 0 Å². The summed E-state index contributed by atoms with van der Waals surface area (Å²) in [6.07, 6.45) is 1.78. The van der Waals surface area contributed by atoms with Gasteiger partial charge in [-0.15, -0.1) is 0 Å². The van der Waals surface area contributed by atoms with Crippen molar-refractivity contribution in [1.29, 1.82) is 0 Å². The van der Waals surface area contributed by atoms with Crippen molar-refractivity contribution in [2.24, 2.45) is 0 Å². The van der Waals surface area contributed by atoms with Crippen molar-refractivity contribution in [3.8, 4) is 0 Å². The first-order chi connectivity index (χ1) is 13.5. The van der Waals surface area contributed by atoms with E-state index in [9.17, 15) is 14.4 Å². The molecule has 0 radical (unpaired) electrons. The number of unbranched alkanes of at least 4 members (excludes halogenated alkanes) is 2. The maximum Gasteiger partial charge on any atom is 0.508 e. The Balaban J connectivity index is 0.000000528. The molecule has 0 atom stereocenters. The Morgan fingerprint density at radius 2 is 1.54 bits per heavy atom. The van der Waals surface area contributed by atoms with Gasteiger partial charge in [0.15, 0.2) is 0 Å². The molecule has 1 rings (SSSR count). The molecule has 1 heterocycles. The van der Waals surface area contributed by atoms with Crippen LogP contribution in [0.25, 0.3) is 0 Å². The van der Waals surface area contributed by atoms with E-state index in [1.807, 2.05) is 13.8 Å². The molecule has 0 unspecified atom stereocenters. The Morgan fingerprint density at radius 1 is 1.04 bits per heavy atom. The van der Waals surface area contributed by atoms with Gasteiger partial charge >= 0.3 is 18.3 Å². The number of aliphatic hydroxyl groups is 2. The van der Waals surface area contributed by atoms with Crippen LogP contribution in [0.15, 0.2) is 0 Å². The van der Waals surface area contributed by atoms with E-state index in [1.165, 1.54) is 0 Å². The molecule has 0 aromatic heterocycles. The molecule has 11 nitrogen and oxygen atoms in total. The van der Waals surface area contributed by atoms with Crippen molar-refractivity contribution in [1.82, 2.24) is 10.6 Å². The Bertz CT molecular complexity index is 434. The van der Waals surface area contributed by atoms with Crippen LogP contribution >= 0.6 is 0 Å². The number of amides is 2. The highest BCUT2D eigenvalue weighted by Gasteiger charge is 2.22. The van der Waals surface area contributed by atoms with Gasteiger partial charge in [-0.3, -0.25) is 0 Å². The summed E-state index contributed by atoms with van der Waals surface area (Å²) < 4.78 is 18.8. The second kappa shape index (κ2) is 16.9. The number of rotatable bonds is 10. The normalized spacial score (nSPS) is 13.5. The lowest BCUT2D eigenvalue weighted by atomic mass is 10.3. The first-order valence-corrected chi connectivity index (χ1v) is 9.34. The molecule has 0 aromatic rings. The number of carbonyl (C=O) groups excluding carboxylic acids is 3. The molecule has 4 N–H and O–H groups in total. The maximum atomic E-state index is 11.1. The predicted octanol–water partition coefficient (Wildman–Crippen LogP) is 0.914. The van der Waals surface area contributed by atoms with Gasteiger partial charge in [-0.25, -0.2) is 14.4 Å². The van der Waals surface area contributed by atoms with Crippen molar-refractivity contribution < 1.29 is 43.5 Å². The summed E-state index contributed by atoms with van der Waals surface area (Å²) in [5.74, 6) is 0. The monoisotopic (exact) mass is 408 g/mol. The SMILES string of the molecule is CCCCOC(=O)NC(CO)CO.CCCCOC(=O)NC1COC(=O)OC1. The molecule has 0 aromatic carbocycles. The third-order valence-electron chi connectivity index (χ3n) is 3.35. The summed E-state index contributed by atoms with van der Waals surface area (Å²) >= 11 is 0. The first-order valence-electron chi connectivity index (χ1n) is 9.34. The highest BCUT2D eigenvalue weighted by Crippen LogP contribution is 2.00. The predicted molar refractivity (Wildman–Crippen MR) is 97.8 cm³/mol. The smallest absolute Gasteiger partial charge is 0.450 e. The summed E-state index contributed by atoms with van der Waals surface area (Å²) in [4.78, 5) is 32.5. The molecular weight excluding hydrogens is 376 g/mol. The molecule has 164 valence electrons. The molecule has 1 aliphatic heterocycles. The zero-order chi connectivity index (χ0) is 21.2. The molecule has 0 spiro atoms. The fourth-order valence-corrected chi connectivity index (χ4v) is 1.69. The molecule has 28 heavy (non-hydrogen) atoms. The van der Waals surface area contributed by atoms with Crippen LogP contribution in [0.2, 0.25) is 0 Å². The second-order valence-corrected chi connectivity index (χ2v) is 5.90. The van der Waals surface area contributed by atoms with Gasteiger partial charge < -0.3 is 39.8 Å². The second-order valence-electron chi connectivity index (χ2n) is 5.90. The van der Waals surface area contributed by atoms with E-state index in [4.69, 9.17) is 19.7 Å². The quantitative estimate of drug-likeness (QED) is 0.235. The lowest BCUT2D eigenvalue weighted by Crippen LogP contribution is -2.45. The molecule has 2 amide bonds. The van der Waals surface area contributed by atoms with Gasteiger partial charge in [0, 0.05) is 0 Å². The summed E-state index contributed by atoms with van der Waals surface area (Å²) in [6.45, 7) is 4.44. The third kappa shape index (κ3) is 13.9. The summed E-state index contributed by atoms with van der Waals surface area (Å²) in [5.41, 5.74) is 0. The molecular formula is C17H32N2O9. The number of alkyl carbamates (subject to hydrolysis) is 2. The maximum absolute atomic E-state index is 11.1. The van der Waals surface area contributed by atoms with Crippen molar-refractivity contribution in [2.45, 2.75) is 51.6 Å². The van der Waals surface area contributed by atoms with Gasteiger partial charge in [-0.1, -0.05) is 26.7 Å². The molecule has 1 fully saturated rings. The Labute approximate surface area is 164 Å². The highest BCUT2D eigenvalue weighted by molar-refractivity contribution is 5.68. The fraction of sp³-hybridized carbons (Fsp3) is 0.824. The largest absolute Gasteiger partial charge is 0.508 e. The minimum Gasteiger partial charge on any atom is -0.450 e. The first kappa shape index (κ1) is 25.7. The van der Waals surface area contributed by atoms with Crippen LogP contribution in [-0.2, 0) is 18.9 Å². The van der Waals surface area contributed by atoms with Crippen LogP contribution in [0.4, 0.5) is 14.4 Å². The van der Waals surface area contributed by atoms with Crippen LogP contribution in [0.5, 0.6) is 0 Å². The number of hydrogen-bond acceptors (Lipinski definition) is 9. The van der Waals surface area contributed by atoms with Crippen LogP contribution in [0.3, 0.4) is 0 Å². The van der Waals surface area contributed by atoms with E-state index in [0.717, 1.165) is 25.7 Å². The van der Waals surface area contributed by atoms with Gasteiger partial charge in [0.05, 0.1) is 32.5 Å². The standard InChI is InChI=1S/C9H15NO5.C8H17NO4/c1-2-3-4-13-8(11)10-7-5-14-9(12)15-6-7;1-2-3-4-13-8(12)9-7(5-10)6-11/h7H,2-6H2,1H3,(H,10,11);7,10-11H,2-6H2,1H3,(H,9,12). The van der Waals surface area contributed by atoms with Crippen LogP contribution in [0.1, 0.15) is 39.5 Å². The van der Waals surface area contributed by atoms with Crippen LogP contribution < -0.4 is 10.6 Å². The van der Waals surface area contributed by atoms with Gasteiger partial charge in [0.1, 0.15) is 19.3 Å². The minimum absolute atomic E-state index is 0.127. The summed E-state index contributed by atoms with van der Waals surface area (Å²) in [6, 6.07) is -0.953. The minimum atomic E-state index is -0.701. The molecule has 11 heteroatoms. The topological polar surface area (TPSA) is 153 Å². The Morgan fingerprint density at radius 3 is 2.00 bits per heavy atom. The molecule has 1 saturated heterocycles. The summed E-state index contributed by atoms with van der Waals surface area (Å²) in [7, 11) is 0. The average Bonchev–Trinajstić information content (AvgIpc) is 2.69. The third-order valence-corrected chi connectivity index (χ3v) is 3.35. The van der Waals surface area contributed by atoms with E-state index in [-0.39, 0.29) is 32.5 Å². The van der Waals surface area contributed by atoms with Crippen molar-refractivity contribution >= 4 is 18.3 Å². The summed E-state index contributed by atoms with van der Waals surface area (Å²) in [5, 5.41) is 22.1. The zero-order valence-corrected chi connectivity index (χ0v) is 16.5. The Hall–Kier alpha value is -2.27. The Kier molecular flexibility index (Phi) is 15.5. The van der Waals surface area contributed by atoms with Crippen molar-refractivity contribution in [3.63, 3.8) is 0 Å². The number of nitrogens with one attached hydrogen (secondary N) is 2. The van der Waals surface area contributed by atoms with Gasteiger partial charge in [0.2, 0.25) is 0 Å². The lowest BCUT2D eigenvalue weighted by Gasteiger charge is -2.22. The number of aliphatic hydroxyl groups excluding tert-OH is 2. The number of ether oxygens (including phenoxy) is 4. The van der Waals surface area contributed by atoms with Gasteiger partial charge in [-0.2, -0.15) is 0 Å². The van der Waals surface area contributed by atoms with E-state index in [0.29, 0.717) is 13.2 Å². The highest BCUT2D eigenvalue weighted by atomic mass is 16.7. The average molecular weight is 408 g/mol. The van der Waals surface area contributed by atoms with E-state index < -0.39 is 24.4 Å². The zero-order valence-electron chi connectivity index (χ0n) is 16.5. The molecule has 1 aliphatic rings. The molecule has 0 saturated carbocycles. The molecule has 0 aliphatic carbocycles.